The number of amidine groups is 1. The van der Waals surface area contributed by atoms with Gasteiger partial charge in [0.1, 0.15) is 0 Å². The van der Waals surface area contributed by atoms with E-state index in [0.29, 0.717) is 0 Å². The van der Waals surface area contributed by atoms with Gasteiger partial charge in [0.25, 0.3) is 0 Å². The Labute approximate surface area is 122 Å². The molecule has 96 valence electrons. The highest BCUT2D eigenvalue weighted by atomic mass is 32.2. The summed E-state index contributed by atoms with van der Waals surface area (Å²) in [6.45, 7) is 0. The van der Waals surface area contributed by atoms with E-state index in [9.17, 15) is 0 Å². The number of hydrogen-bond acceptors (Lipinski definition) is 3. The van der Waals surface area contributed by atoms with Gasteiger partial charge in [0.2, 0.25) is 0 Å². The maximum absolute atomic E-state index is 4.54. The number of nitrogens with zero attached hydrogens (tertiary/aromatic N) is 2. The van der Waals surface area contributed by atoms with Crippen molar-refractivity contribution in [3.8, 4) is 0 Å². The first-order valence-electron chi connectivity index (χ1n) is 6.49. The fourth-order valence-corrected chi connectivity index (χ4v) is 3.03. The van der Waals surface area contributed by atoms with Crippen LogP contribution in [0.4, 0.5) is 0 Å². The summed E-state index contributed by atoms with van der Waals surface area (Å²) < 4.78 is 4.54. The van der Waals surface area contributed by atoms with Gasteiger partial charge >= 0.3 is 0 Å². The van der Waals surface area contributed by atoms with Crippen molar-refractivity contribution in [2.45, 2.75) is 0 Å². The van der Waals surface area contributed by atoms with Crippen molar-refractivity contribution in [2.24, 2.45) is 4.40 Å². The van der Waals surface area contributed by atoms with Gasteiger partial charge in [-0.15, -0.1) is 0 Å². The van der Waals surface area contributed by atoms with Gasteiger partial charge in [-0.1, -0.05) is 36.4 Å². The summed E-state index contributed by atoms with van der Waals surface area (Å²) in [6, 6.07) is 15.0. The van der Waals surface area contributed by atoms with Gasteiger partial charge in [-0.05, 0) is 34.6 Å². The van der Waals surface area contributed by atoms with Crippen LogP contribution in [0.25, 0.3) is 16.3 Å². The number of allylic oxidation sites excluding steroid dienone is 2. The lowest BCUT2D eigenvalue weighted by molar-refractivity contribution is 0.764. The Morgan fingerprint density at radius 2 is 1.85 bits per heavy atom. The molecule has 2 nitrogen and oxygen atoms in total. The molecule has 0 amide bonds. The minimum atomic E-state index is 0.996. The van der Waals surface area contributed by atoms with Gasteiger partial charge in [-0.3, -0.25) is 0 Å². The first-order chi connectivity index (χ1) is 9.92. The molecular weight excluding hydrogens is 264 g/mol. The lowest BCUT2D eigenvalue weighted by Crippen LogP contribution is -2.24. The minimum Gasteiger partial charge on any atom is -0.307 e. The molecule has 2 aromatic rings. The Hall–Kier alpha value is -2.26. The third kappa shape index (κ3) is 1.87. The Balaban J connectivity index is 1.84. The number of fused-ring (bicyclic) bond motifs is 2. The predicted octanol–water partition coefficient (Wildman–Crippen LogP) is 4.58. The van der Waals surface area contributed by atoms with E-state index in [0.717, 1.165) is 11.4 Å². The highest BCUT2D eigenvalue weighted by molar-refractivity contribution is 8.01. The predicted molar refractivity (Wildman–Crippen MR) is 87.1 cm³/mol. The standard InChI is InChI=1S/C17H12N2S/c1-2-5-14-12-15(8-7-13(14)4-1)16-6-3-9-19-10-11-20-18-17(16)19/h1-12H. The molecule has 0 N–H and O–H groups in total. The molecule has 0 aromatic heterocycles. The topological polar surface area (TPSA) is 15.6 Å². The van der Waals surface area contributed by atoms with Crippen LogP contribution in [0.2, 0.25) is 0 Å². The SMILES string of the molecule is C1=CN2C=CSN=C2C(c2ccc3ccccc3c2)=C1. The van der Waals surface area contributed by atoms with E-state index in [1.807, 2.05) is 17.8 Å². The Kier molecular flexibility index (Phi) is 2.71. The van der Waals surface area contributed by atoms with Crippen molar-refractivity contribution in [3.63, 3.8) is 0 Å². The van der Waals surface area contributed by atoms with Gasteiger partial charge in [0, 0.05) is 35.3 Å². The third-order valence-electron chi connectivity index (χ3n) is 3.48. The molecule has 2 aromatic carbocycles. The largest absolute Gasteiger partial charge is 0.307 e. The summed E-state index contributed by atoms with van der Waals surface area (Å²) in [5, 5.41) is 4.50. The summed E-state index contributed by atoms with van der Waals surface area (Å²) in [5.41, 5.74) is 2.36. The van der Waals surface area contributed by atoms with Gasteiger partial charge in [0.05, 0.1) is 0 Å². The van der Waals surface area contributed by atoms with E-state index in [4.69, 9.17) is 0 Å². The lowest BCUT2D eigenvalue weighted by Gasteiger charge is -2.25. The molecule has 0 saturated heterocycles. The van der Waals surface area contributed by atoms with Gasteiger partial charge in [0.15, 0.2) is 5.84 Å². The van der Waals surface area contributed by atoms with Crippen LogP contribution in [0.5, 0.6) is 0 Å². The fraction of sp³-hybridized carbons (Fsp3) is 0. The second-order valence-corrected chi connectivity index (χ2v) is 5.36. The van der Waals surface area contributed by atoms with Crippen LogP contribution in [-0.4, -0.2) is 10.7 Å². The van der Waals surface area contributed by atoms with Crippen molar-refractivity contribution >= 4 is 34.1 Å². The number of rotatable bonds is 1. The molecule has 2 aliphatic rings. The molecule has 0 aliphatic carbocycles. The number of hydrogen-bond donors (Lipinski definition) is 0. The van der Waals surface area contributed by atoms with Crippen LogP contribution >= 0.6 is 11.9 Å². The van der Waals surface area contributed by atoms with Crippen LogP contribution in [0.1, 0.15) is 5.56 Å². The molecular formula is C17H12N2S. The van der Waals surface area contributed by atoms with Crippen LogP contribution in [0.15, 0.2) is 76.8 Å². The van der Waals surface area contributed by atoms with E-state index in [2.05, 4.69) is 63.9 Å². The second-order valence-electron chi connectivity index (χ2n) is 4.70. The van der Waals surface area contributed by atoms with Crippen molar-refractivity contribution in [2.75, 3.05) is 0 Å². The monoisotopic (exact) mass is 276 g/mol. The van der Waals surface area contributed by atoms with Crippen LogP contribution in [0, 0.1) is 0 Å². The average Bonchev–Trinajstić information content (AvgIpc) is 2.54. The van der Waals surface area contributed by atoms with Gasteiger partial charge in [-0.25, -0.2) is 0 Å². The smallest absolute Gasteiger partial charge is 0.152 e. The molecule has 20 heavy (non-hydrogen) atoms. The molecule has 0 radical (unpaired) electrons. The minimum absolute atomic E-state index is 0.996. The van der Waals surface area contributed by atoms with Gasteiger partial charge in [-0.2, -0.15) is 4.40 Å². The summed E-state index contributed by atoms with van der Waals surface area (Å²) in [6.07, 6.45) is 8.25. The highest BCUT2D eigenvalue weighted by Crippen LogP contribution is 2.29. The van der Waals surface area contributed by atoms with E-state index in [1.54, 1.807) is 0 Å². The molecule has 0 bridgehead atoms. The molecule has 3 heteroatoms. The molecule has 2 heterocycles. The maximum atomic E-state index is 4.54. The summed E-state index contributed by atoms with van der Waals surface area (Å²) >= 11 is 1.47. The second kappa shape index (κ2) is 4.69. The maximum Gasteiger partial charge on any atom is 0.152 e. The van der Waals surface area contributed by atoms with Crippen LogP contribution in [-0.2, 0) is 0 Å². The molecule has 0 spiro atoms. The molecule has 2 aliphatic heterocycles. The first-order valence-corrected chi connectivity index (χ1v) is 7.32. The van der Waals surface area contributed by atoms with Gasteiger partial charge < -0.3 is 4.90 Å². The normalized spacial score (nSPS) is 16.9. The summed E-state index contributed by atoms with van der Waals surface area (Å²) in [4.78, 5) is 2.06. The molecule has 0 unspecified atom stereocenters. The molecule has 0 saturated carbocycles. The van der Waals surface area contributed by atoms with E-state index in [1.165, 1.54) is 28.3 Å². The van der Waals surface area contributed by atoms with Crippen LogP contribution in [0.3, 0.4) is 0 Å². The Morgan fingerprint density at radius 3 is 2.80 bits per heavy atom. The highest BCUT2D eigenvalue weighted by Gasteiger charge is 2.18. The quantitative estimate of drug-likeness (QED) is 0.708. The van der Waals surface area contributed by atoms with Crippen molar-refractivity contribution < 1.29 is 0 Å². The number of benzene rings is 2. The lowest BCUT2D eigenvalue weighted by atomic mass is 9.99. The average molecular weight is 276 g/mol. The van der Waals surface area contributed by atoms with E-state index in [-0.39, 0.29) is 0 Å². The molecule has 4 rings (SSSR count). The molecule has 0 fully saturated rings. The van der Waals surface area contributed by atoms with E-state index >= 15 is 0 Å². The molecule has 0 atom stereocenters. The summed E-state index contributed by atoms with van der Waals surface area (Å²) in [7, 11) is 0. The third-order valence-corrected chi connectivity index (χ3v) is 4.00. The first kappa shape index (κ1) is 11.6. The van der Waals surface area contributed by atoms with Crippen molar-refractivity contribution in [1.82, 2.24) is 4.90 Å². The fourth-order valence-electron chi connectivity index (χ4n) is 2.49. The Morgan fingerprint density at radius 1 is 0.950 bits per heavy atom. The zero-order valence-electron chi connectivity index (χ0n) is 10.7. The zero-order chi connectivity index (χ0) is 13.4. The Bertz CT molecular complexity index is 799. The summed E-state index contributed by atoms with van der Waals surface area (Å²) in [5.74, 6) is 0.996. The van der Waals surface area contributed by atoms with E-state index < -0.39 is 0 Å². The van der Waals surface area contributed by atoms with Crippen molar-refractivity contribution in [1.29, 1.82) is 0 Å². The van der Waals surface area contributed by atoms with Crippen LogP contribution < -0.4 is 0 Å². The zero-order valence-corrected chi connectivity index (χ0v) is 11.5. The van der Waals surface area contributed by atoms with Crippen molar-refractivity contribution in [3.05, 3.63) is 78.0 Å².